The Balaban J connectivity index is 2.12. The standard InChI is InChI=1S/C25H21P/c1-4-17-7-11-21-19(14-17)9-6-16(3)24(21)25-22-12-8-18(5-2)15-20(22)10-13-23(25)26/h4-15H,1-2,26H2,3H3. The Morgan fingerprint density at radius 3 is 1.81 bits per heavy atom. The van der Waals surface area contributed by atoms with Gasteiger partial charge in [-0.2, -0.15) is 0 Å². The van der Waals surface area contributed by atoms with Crippen molar-refractivity contribution >= 4 is 48.2 Å². The van der Waals surface area contributed by atoms with E-state index in [1.165, 1.54) is 43.5 Å². The molecule has 26 heavy (non-hydrogen) atoms. The van der Waals surface area contributed by atoms with Gasteiger partial charge >= 0.3 is 0 Å². The highest BCUT2D eigenvalue weighted by molar-refractivity contribution is 7.28. The summed E-state index contributed by atoms with van der Waals surface area (Å²) in [5.41, 5.74) is 6.17. The van der Waals surface area contributed by atoms with Gasteiger partial charge in [-0.1, -0.05) is 73.8 Å². The Bertz CT molecular complexity index is 1090. The first-order valence-electron chi connectivity index (χ1n) is 8.73. The summed E-state index contributed by atoms with van der Waals surface area (Å²) in [6, 6.07) is 21.9. The summed E-state index contributed by atoms with van der Waals surface area (Å²) >= 11 is 0. The first-order valence-corrected chi connectivity index (χ1v) is 9.31. The van der Waals surface area contributed by atoms with Crippen molar-refractivity contribution in [2.75, 3.05) is 0 Å². The Labute approximate surface area is 157 Å². The van der Waals surface area contributed by atoms with Gasteiger partial charge in [-0.15, -0.1) is 9.24 Å². The van der Waals surface area contributed by atoms with Crippen LogP contribution in [0.4, 0.5) is 0 Å². The molecule has 0 aliphatic rings. The molecule has 0 fully saturated rings. The molecule has 1 unspecified atom stereocenters. The summed E-state index contributed by atoms with van der Waals surface area (Å²) in [6.45, 7) is 9.98. The average molecular weight is 352 g/mol. The second kappa shape index (κ2) is 6.56. The van der Waals surface area contributed by atoms with Crippen molar-refractivity contribution in [2.45, 2.75) is 6.92 Å². The van der Waals surface area contributed by atoms with Crippen LogP contribution in [0.3, 0.4) is 0 Å². The molecule has 4 aromatic rings. The van der Waals surface area contributed by atoms with Crippen molar-refractivity contribution in [2.24, 2.45) is 0 Å². The van der Waals surface area contributed by atoms with Crippen molar-refractivity contribution in [3.8, 4) is 11.1 Å². The molecule has 0 spiro atoms. The van der Waals surface area contributed by atoms with E-state index < -0.39 is 0 Å². The highest BCUT2D eigenvalue weighted by Gasteiger charge is 2.14. The van der Waals surface area contributed by atoms with Gasteiger partial charge in [0, 0.05) is 0 Å². The van der Waals surface area contributed by atoms with E-state index in [-0.39, 0.29) is 0 Å². The van der Waals surface area contributed by atoms with Gasteiger partial charge in [-0.05, 0) is 73.7 Å². The quantitative estimate of drug-likeness (QED) is 0.358. The van der Waals surface area contributed by atoms with Crippen LogP contribution in [0.5, 0.6) is 0 Å². The summed E-state index contributed by atoms with van der Waals surface area (Å²) < 4.78 is 0. The summed E-state index contributed by atoms with van der Waals surface area (Å²) in [5, 5.41) is 6.24. The first-order chi connectivity index (χ1) is 12.6. The molecule has 0 saturated heterocycles. The molecule has 0 amide bonds. The van der Waals surface area contributed by atoms with Gasteiger partial charge < -0.3 is 0 Å². The van der Waals surface area contributed by atoms with E-state index in [0.717, 1.165) is 11.1 Å². The number of benzene rings is 4. The average Bonchev–Trinajstić information content (AvgIpc) is 2.68. The van der Waals surface area contributed by atoms with Crippen molar-refractivity contribution in [3.63, 3.8) is 0 Å². The number of hydrogen-bond acceptors (Lipinski definition) is 0. The minimum atomic E-state index is 1.14. The largest absolute Gasteiger partial charge is 0.105 e. The molecule has 4 aromatic carbocycles. The Morgan fingerprint density at radius 2 is 1.23 bits per heavy atom. The highest BCUT2D eigenvalue weighted by atomic mass is 31.0. The van der Waals surface area contributed by atoms with E-state index >= 15 is 0 Å². The predicted molar refractivity (Wildman–Crippen MR) is 121 cm³/mol. The summed E-state index contributed by atoms with van der Waals surface area (Å²) in [7, 11) is 2.91. The zero-order chi connectivity index (χ0) is 18.3. The number of fused-ring (bicyclic) bond motifs is 2. The molecule has 1 heteroatoms. The van der Waals surface area contributed by atoms with Crippen LogP contribution in [0.25, 0.3) is 44.8 Å². The van der Waals surface area contributed by atoms with Crippen LogP contribution in [0, 0.1) is 6.92 Å². The molecule has 4 rings (SSSR count). The molecule has 0 nitrogen and oxygen atoms in total. The SMILES string of the molecule is C=Cc1ccc2c(-c3c(P)ccc4cc(C=C)ccc34)c(C)ccc2c1. The highest BCUT2D eigenvalue weighted by Crippen LogP contribution is 2.37. The molecule has 0 aromatic heterocycles. The van der Waals surface area contributed by atoms with E-state index in [2.05, 4.69) is 90.0 Å². The van der Waals surface area contributed by atoms with Crippen LogP contribution in [0.2, 0.25) is 0 Å². The van der Waals surface area contributed by atoms with Crippen LogP contribution >= 0.6 is 9.24 Å². The maximum absolute atomic E-state index is 3.90. The van der Waals surface area contributed by atoms with Gasteiger partial charge in [0.25, 0.3) is 0 Å². The van der Waals surface area contributed by atoms with Gasteiger partial charge in [-0.25, -0.2) is 0 Å². The minimum absolute atomic E-state index is 1.14. The fourth-order valence-corrected chi connectivity index (χ4v) is 4.08. The zero-order valence-electron chi connectivity index (χ0n) is 14.9. The van der Waals surface area contributed by atoms with Crippen LogP contribution in [-0.4, -0.2) is 0 Å². The first kappa shape index (κ1) is 16.8. The molecule has 0 N–H and O–H groups in total. The lowest BCUT2D eigenvalue weighted by atomic mass is 9.89. The lowest BCUT2D eigenvalue weighted by Gasteiger charge is -2.16. The smallest absolute Gasteiger partial charge is 0.00248 e. The molecule has 0 bridgehead atoms. The normalized spacial score (nSPS) is 11.0. The topological polar surface area (TPSA) is 0 Å². The van der Waals surface area contributed by atoms with Crippen LogP contribution < -0.4 is 5.30 Å². The van der Waals surface area contributed by atoms with E-state index in [0.29, 0.717) is 0 Å². The third-order valence-corrected chi connectivity index (χ3v) is 5.53. The monoisotopic (exact) mass is 352 g/mol. The molecular weight excluding hydrogens is 331 g/mol. The van der Waals surface area contributed by atoms with E-state index in [4.69, 9.17) is 0 Å². The lowest BCUT2D eigenvalue weighted by Crippen LogP contribution is -2.00. The van der Waals surface area contributed by atoms with Gasteiger partial charge in [-0.3, -0.25) is 0 Å². The fraction of sp³-hybridized carbons (Fsp3) is 0.0400. The number of hydrogen-bond donors (Lipinski definition) is 0. The fourth-order valence-electron chi connectivity index (χ4n) is 3.69. The van der Waals surface area contributed by atoms with E-state index in [1.807, 2.05) is 12.2 Å². The van der Waals surface area contributed by atoms with Crippen LogP contribution in [0.1, 0.15) is 16.7 Å². The van der Waals surface area contributed by atoms with Crippen molar-refractivity contribution in [3.05, 3.63) is 90.5 Å². The molecule has 1 atom stereocenters. The third kappa shape index (κ3) is 2.68. The molecular formula is C25H21P. The third-order valence-electron chi connectivity index (χ3n) is 5.05. The van der Waals surface area contributed by atoms with Gasteiger partial charge in [0.2, 0.25) is 0 Å². The number of aryl methyl sites for hydroxylation is 1. The second-order valence-electron chi connectivity index (χ2n) is 6.66. The van der Waals surface area contributed by atoms with Gasteiger partial charge in [0.05, 0.1) is 0 Å². The van der Waals surface area contributed by atoms with Crippen LogP contribution in [0.15, 0.2) is 73.8 Å². The van der Waals surface area contributed by atoms with Crippen molar-refractivity contribution in [1.29, 1.82) is 0 Å². The Morgan fingerprint density at radius 1 is 0.692 bits per heavy atom. The molecule has 126 valence electrons. The van der Waals surface area contributed by atoms with Crippen molar-refractivity contribution < 1.29 is 0 Å². The molecule has 0 radical (unpaired) electrons. The lowest BCUT2D eigenvalue weighted by molar-refractivity contribution is 1.50. The van der Waals surface area contributed by atoms with Gasteiger partial charge in [0.1, 0.15) is 0 Å². The summed E-state index contributed by atoms with van der Waals surface area (Å²) in [5.74, 6) is 0. The molecule has 0 heterocycles. The minimum Gasteiger partial charge on any atom is -0.105 e. The van der Waals surface area contributed by atoms with E-state index in [1.54, 1.807) is 0 Å². The second-order valence-corrected chi connectivity index (χ2v) is 7.28. The molecule has 0 saturated carbocycles. The van der Waals surface area contributed by atoms with E-state index in [9.17, 15) is 0 Å². The van der Waals surface area contributed by atoms with Crippen LogP contribution in [-0.2, 0) is 0 Å². The Kier molecular flexibility index (Phi) is 4.23. The zero-order valence-corrected chi connectivity index (χ0v) is 16.1. The molecule has 0 aliphatic carbocycles. The maximum atomic E-state index is 3.90. The van der Waals surface area contributed by atoms with Gasteiger partial charge in [0.15, 0.2) is 0 Å². The molecule has 0 aliphatic heterocycles. The maximum Gasteiger partial charge on any atom is -0.00248 e. The predicted octanol–water partition coefficient (Wildman–Crippen LogP) is 6.75. The van der Waals surface area contributed by atoms with Crippen molar-refractivity contribution in [1.82, 2.24) is 0 Å². The Hall–Kier alpha value is -2.69. The summed E-state index contributed by atoms with van der Waals surface area (Å²) in [4.78, 5) is 0. The summed E-state index contributed by atoms with van der Waals surface area (Å²) in [6.07, 6.45) is 3.79. The number of rotatable bonds is 3.